The Morgan fingerprint density at radius 3 is 2.25 bits per heavy atom. The minimum Gasteiger partial charge on any atom is -0.489 e. The van der Waals surface area contributed by atoms with E-state index in [1.54, 1.807) is 24.3 Å². The Morgan fingerprint density at radius 1 is 0.938 bits per heavy atom. The van der Waals surface area contributed by atoms with E-state index in [2.05, 4.69) is 34.4 Å². The minimum atomic E-state index is -4.62. The lowest BCUT2D eigenvalue weighted by Gasteiger charge is -2.18. The summed E-state index contributed by atoms with van der Waals surface area (Å²) in [5, 5.41) is 5.75. The molecule has 0 amide bonds. The molecule has 0 fully saturated rings. The molecule has 5 nitrogen and oxygen atoms in total. The summed E-state index contributed by atoms with van der Waals surface area (Å²) >= 11 is 0. The number of alkyl halides is 3. The van der Waals surface area contributed by atoms with E-state index in [1.165, 1.54) is 5.56 Å². The molecule has 32 heavy (non-hydrogen) atoms. The molecule has 2 aromatic carbocycles. The van der Waals surface area contributed by atoms with Crippen molar-refractivity contribution < 1.29 is 17.9 Å². The molecule has 1 heterocycles. The third-order valence-electron chi connectivity index (χ3n) is 4.45. The second kappa shape index (κ2) is 9.89. The van der Waals surface area contributed by atoms with E-state index in [-0.39, 0.29) is 17.9 Å². The van der Waals surface area contributed by atoms with Gasteiger partial charge >= 0.3 is 6.18 Å². The van der Waals surface area contributed by atoms with E-state index in [0.29, 0.717) is 23.0 Å². The van der Waals surface area contributed by atoms with Crippen molar-refractivity contribution in [3.05, 3.63) is 65.9 Å². The van der Waals surface area contributed by atoms with Gasteiger partial charge in [0, 0.05) is 11.9 Å². The summed E-state index contributed by atoms with van der Waals surface area (Å²) in [6, 6.07) is 14.5. The number of halogens is 3. The van der Waals surface area contributed by atoms with E-state index in [1.807, 2.05) is 38.1 Å². The molecule has 0 bridgehead atoms. The van der Waals surface area contributed by atoms with Crippen LogP contribution in [0.5, 0.6) is 5.75 Å². The molecule has 3 aromatic rings. The van der Waals surface area contributed by atoms with Crippen molar-refractivity contribution in [2.24, 2.45) is 5.92 Å². The zero-order valence-electron chi connectivity index (χ0n) is 18.5. The average Bonchev–Trinajstić information content (AvgIpc) is 2.69. The number of hydrogen-bond donors (Lipinski definition) is 2. The zero-order valence-corrected chi connectivity index (χ0v) is 18.5. The van der Waals surface area contributed by atoms with Crippen LogP contribution in [-0.4, -0.2) is 16.1 Å². The van der Waals surface area contributed by atoms with Gasteiger partial charge in [0.15, 0.2) is 0 Å². The van der Waals surface area contributed by atoms with Crippen LogP contribution in [0, 0.1) is 5.92 Å². The molecular weight excluding hydrogens is 417 g/mol. The van der Waals surface area contributed by atoms with Crippen LogP contribution in [0.3, 0.4) is 0 Å². The lowest BCUT2D eigenvalue weighted by Crippen LogP contribution is -2.13. The van der Waals surface area contributed by atoms with Gasteiger partial charge in [0.25, 0.3) is 0 Å². The van der Waals surface area contributed by atoms with Crippen LogP contribution in [0.25, 0.3) is 0 Å². The maximum Gasteiger partial charge on any atom is 0.421 e. The summed E-state index contributed by atoms with van der Waals surface area (Å²) in [4.78, 5) is 7.98. The van der Waals surface area contributed by atoms with Crippen molar-refractivity contribution in [2.75, 3.05) is 10.6 Å². The van der Waals surface area contributed by atoms with E-state index in [4.69, 9.17) is 4.74 Å². The van der Waals surface area contributed by atoms with Crippen LogP contribution in [0.15, 0.2) is 54.7 Å². The van der Waals surface area contributed by atoms with Gasteiger partial charge in [-0.1, -0.05) is 38.1 Å². The number of hydrogen-bond acceptors (Lipinski definition) is 5. The van der Waals surface area contributed by atoms with Crippen molar-refractivity contribution >= 4 is 23.1 Å². The Balaban J connectivity index is 1.89. The Morgan fingerprint density at radius 2 is 1.62 bits per heavy atom. The van der Waals surface area contributed by atoms with Gasteiger partial charge in [0.05, 0.1) is 11.8 Å². The van der Waals surface area contributed by atoms with Crippen molar-refractivity contribution in [3.8, 4) is 5.75 Å². The van der Waals surface area contributed by atoms with Crippen LogP contribution < -0.4 is 15.4 Å². The van der Waals surface area contributed by atoms with Crippen molar-refractivity contribution in [2.45, 2.75) is 46.4 Å². The highest BCUT2D eigenvalue weighted by Crippen LogP contribution is 2.37. The molecule has 0 unspecified atom stereocenters. The number of rotatable bonds is 8. The Kier molecular flexibility index (Phi) is 7.22. The minimum absolute atomic E-state index is 0.0550. The largest absolute Gasteiger partial charge is 0.489 e. The molecule has 0 radical (unpaired) electrons. The number of benzene rings is 2. The van der Waals surface area contributed by atoms with Crippen LogP contribution in [0.4, 0.5) is 36.3 Å². The Labute approximate surface area is 186 Å². The number of aromatic nitrogens is 2. The average molecular weight is 445 g/mol. The number of nitrogens with zero attached hydrogens (tertiary/aromatic N) is 2. The van der Waals surface area contributed by atoms with Crippen LogP contribution in [-0.2, 0) is 12.6 Å². The van der Waals surface area contributed by atoms with Crippen molar-refractivity contribution in [1.29, 1.82) is 0 Å². The first-order valence-corrected chi connectivity index (χ1v) is 10.4. The standard InChI is InChI=1S/C24H27F3N4O/c1-15(2)13-17-9-11-18(12-10-17)29-23-28-14-19(24(25,26)27)22(31-23)30-20-7-5-6-8-21(20)32-16(3)4/h5-12,14-16H,13H2,1-4H3,(H2,28,29,30,31). The number of ether oxygens (including phenoxy) is 1. The molecule has 0 aliphatic carbocycles. The van der Waals surface area contributed by atoms with Gasteiger partial charge in [0.1, 0.15) is 17.1 Å². The quantitative estimate of drug-likeness (QED) is 0.393. The zero-order chi connectivity index (χ0) is 23.3. The summed E-state index contributed by atoms with van der Waals surface area (Å²) in [6.45, 7) is 7.97. The molecule has 1 aromatic heterocycles. The summed E-state index contributed by atoms with van der Waals surface area (Å²) in [5.74, 6) is 0.665. The summed E-state index contributed by atoms with van der Waals surface area (Å²) in [7, 11) is 0. The number of para-hydroxylation sites is 2. The maximum absolute atomic E-state index is 13.6. The van der Waals surface area contributed by atoms with E-state index in [9.17, 15) is 13.2 Å². The normalized spacial score (nSPS) is 11.7. The molecular formula is C24H27F3N4O. The molecule has 0 saturated heterocycles. The van der Waals surface area contributed by atoms with Gasteiger partial charge in [-0.3, -0.25) is 0 Å². The van der Waals surface area contributed by atoms with Gasteiger partial charge in [-0.2, -0.15) is 18.2 Å². The molecule has 0 aliphatic rings. The molecule has 0 saturated carbocycles. The molecule has 0 aliphatic heterocycles. The molecule has 8 heteroatoms. The van der Waals surface area contributed by atoms with E-state index in [0.717, 1.165) is 12.6 Å². The molecule has 0 spiro atoms. The van der Waals surface area contributed by atoms with Gasteiger partial charge in [-0.25, -0.2) is 4.98 Å². The number of nitrogens with one attached hydrogen (secondary N) is 2. The maximum atomic E-state index is 13.6. The van der Waals surface area contributed by atoms with Gasteiger partial charge < -0.3 is 15.4 Å². The molecule has 3 rings (SSSR count). The fraction of sp³-hybridized carbons (Fsp3) is 0.333. The predicted molar refractivity (Wildman–Crippen MR) is 121 cm³/mol. The first-order chi connectivity index (χ1) is 15.1. The highest BCUT2D eigenvalue weighted by molar-refractivity contribution is 5.67. The van der Waals surface area contributed by atoms with Crippen LogP contribution in [0.2, 0.25) is 0 Å². The third kappa shape index (κ3) is 6.35. The van der Waals surface area contributed by atoms with E-state index < -0.39 is 11.7 Å². The Bertz CT molecular complexity index is 1030. The highest BCUT2D eigenvalue weighted by atomic mass is 19.4. The SMILES string of the molecule is CC(C)Cc1ccc(Nc2ncc(C(F)(F)F)c(Nc3ccccc3OC(C)C)n2)cc1. The summed E-state index contributed by atoms with van der Waals surface area (Å²) in [5.41, 5.74) is 1.29. The highest BCUT2D eigenvalue weighted by Gasteiger charge is 2.35. The Hall–Kier alpha value is -3.29. The summed E-state index contributed by atoms with van der Waals surface area (Å²) in [6.07, 6.45) is -3.03. The topological polar surface area (TPSA) is 59.1 Å². The summed E-state index contributed by atoms with van der Waals surface area (Å²) < 4.78 is 46.5. The van der Waals surface area contributed by atoms with Crippen molar-refractivity contribution in [1.82, 2.24) is 9.97 Å². The van der Waals surface area contributed by atoms with Gasteiger partial charge in [-0.05, 0) is 56.0 Å². The smallest absolute Gasteiger partial charge is 0.421 e. The van der Waals surface area contributed by atoms with Gasteiger partial charge in [0.2, 0.25) is 5.95 Å². The van der Waals surface area contributed by atoms with E-state index >= 15 is 0 Å². The first-order valence-electron chi connectivity index (χ1n) is 10.4. The lowest BCUT2D eigenvalue weighted by molar-refractivity contribution is -0.137. The fourth-order valence-corrected chi connectivity index (χ4v) is 3.12. The fourth-order valence-electron chi connectivity index (χ4n) is 3.12. The van der Waals surface area contributed by atoms with Crippen molar-refractivity contribution in [3.63, 3.8) is 0 Å². The number of anilines is 4. The molecule has 170 valence electrons. The second-order valence-corrected chi connectivity index (χ2v) is 8.16. The monoisotopic (exact) mass is 444 g/mol. The first kappa shape index (κ1) is 23.4. The molecule has 0 atom stereocenters. The van der Waals surface area contributed by atoms with Gasteiger partial charge in [-0.15, -0.1) is 0 Å². The second-order valence-electron chi connectivity index (χ2n) is 8.16. The van der Waals surface area contributed by atoms with Crippen LogP contribution in [0.1, 0.15) is 38.8 Å². The predicted octanol–water partition coefficient (Wildman–Crippen LogP) is 6.97. The lowest BCUT2D eigenvalue weighted by atomic mass is 10.0. The third-order valence-corrected chi connectivity index (χ3v) is 4.45. The van der Waals surface area contributed by atoms with Crippen LogP contribution >= 0.6 is 0 Å². The molecule has 2 N–H and O–H groups in total.